The first kappa shape index (κ1) is 11.5. The van der Waals surface area contributed by atoms with E-state index in [0.717, 1.165) is 0 Å². The number of rotatable bonds is 3. The second kappa shape index (κ2) is 5.99. The molecule has 1 aromatic carbocycles. The monoisotopic (exact) mass is 212 g/mol. The normalized spacial score (nSPS) is 9.60. The quantitative estimate of drug-likeness (QED) is 0.772. The molecular formula is C11H10F2O2. The minimum atomic E-state index is -2.51. The third-order valence-corrected chi connectivity index (χ3v) is 1.55. The summed E-state index contributed by atoms with van der Waals surface area (Å²) in [6.07, 6.45) is -2.51. The van der Waals surface area contributed by atoms with Crippen molar-refractivity contribution in [1.29, 1.82) is 0 Å². The summed E-state index contributed by atoms with van der Waals surface area (Å²) in [5.74, 6) is 5.35. The zero-order chi connectivity index (χ0) is 11.1. The average molecular weight is 212 g/mol. The molecule has 1 N–H and O–H groups in total. The van der Waals surface area contributed by atoms with Crippen LogP contribution in [0.5, 0.6) is 5.75 Å². The van der Waals surface area contributed by atoms with Crippen LogP contribution in [-0.4, -0.2) is 24.7 Å². The standard InChI is InChI=1S/C11H10F2O2/c12-11(13)8-15-10-6-2-1-4-9(10)5-3-7-14/h1-2,4,6,11,14H,7-8H2. The third kappa shape index (κ3) is 3.96. The van der Waals surface area contributed by atoms with Gasteiger partial charge < -0.3 is 9.84 Å². The predicted octanol–water partition coefficient (Wildman–Crippen LogP) is 1.67. The molecule has 0 spiro atoms. The molecule has 1 rings (SSSR count). The molecule has 0 aliphatic rings. The van der Waals surface area contributed by atoms with Gasteiger partial charge in [0.1, 0.15) is 19.0 Å². The zero-order valence-corrected chi connectivity index (χ0v) is 7.91. The Morgan fingerprint density at radius 2 is 2.07 bits per heavy atom. The van der Waals surface area contributed by atoms with Gasteiger partial charge in [0.05, 0.1) is 5.56 Å². The van der Waals surface area contributed by atoms with Gasteiger partial charge in [0.15, 0.2) is 0 Å². The Morgan fingerprint density at radius 1 is 1.33 bits per heavy atom. The lowest BCUT2D eigenvalue weighted by molar-refractivity contribution is 0.0818. The van der Waals surface area contributed by atoms with Crippen molar-refractivity contribution in [2.75, 3.05) is 13.2 Å². The van der Waals surface area contributed by atoms with Gasteiger partial charge in [0.2, 0.25) is 0 Å². The summed E-state index contributed by atoms with van der Waals surface area (Å²) < 4.78 is 28.7. The molecule has 0 atom stereocenters. The summed E-state index contributed by atoms with van der Waals surface area (Å²) in [5, 5.41) is 8.50. The van der Waals surface area contributed by atoms with E-state index in [4.69, 9.17) is 9.84 Å². The lowest BCUT2D eigenvalue weighted by Gasteiger charge is -2.06. The summed E-state index contributed by atoms with van der Waals surface area (Å²) in [6.45, 7) is -0.930. The first-order valence-corrected chi connectivity index (χ1v) is 4.33. The van der Waals surface area contributed by atoms with Crippen molar-refractivity contribution in [3.05, 3.63) is 29.8 Å². The highest BCUT2D eigenvalue weighted by Crippen LogP contribution is 2.17. The molecule has 4 heteroatoms. The molecule has 2 nitrogen and oxygen atoms in total. The van der Waals surface area contributed by atoms with Crippen molar-refractivity contribution in [2.24, 2.45) is 0 Å². The number of ether oxygens (including phenoxy) is 1. The van der Waals surface area contributed by atoms with E-state index in [1.54, 1.807) is 24.3 Å². The van der Waals surface area contributed by atoms with Crippen LogP contribution in [0.3, 0.4) is 0 Å². The minimum absolute atomic E-state index is 0.275. The van der Waals surface area contributed by atoms with E-state index in [-0.39, 0.29) is 6.61 Å². The molecular weight excluding hydrogens is 202 g/mol. The van der Waals surface area contributed by atoms with E-state index in [0.29, 0.717) is 11.3 Å². The molecule has 0 radical (unpaired) electrons. The first-order chi connectivity index (χ1) is 7.24. The minimum Gasteiger partial charge on any atom is -0.486 e. The maximum atomic E-state index is 11.9. The summed E-state index contributed by atoms with van der Waals surface area (Å²) in [5.41, 5.74) is 0.493. The first-order valence-electron chi connectivity index (χ1n) is 4.33. The van der Waals surface area contributed by atoms with Crippen LogP contribution in [0.4, 0.5) is 8.78 Å². The Morgan fingerprint density at radius 3 is 2.73 bits per heavy atom. The second-order valence-electron chi connectivity index (χ2n) is 2.66. The number of benzene rings is 1. The van der Waals surface area contributed by atoms with Crippen LogP contribution in [0, 0.1) is 11.8 Å². The van der Waals surface area contributed by atoms with Crippen LogP contribution in [0.15, 0.2) is 24.3 Å². The van der Waals surface area contributed by atoms with E-state index in [1.807, 2.05) is 0 Å². The van der Waals surface area contributed by atoms with E-state index in [1.165, 1.54) is 0 Å². The highest BCUT2D eigenvalue weighted by atomic mass is 19.3. The van der Waals surface area contributed by atoms with Crippen molar-refractivity contribution < 1.29 is 18.6 Å². The van der Waals surface area contributed by atoms with Gasteiger partial charge in [0.25, 0.3) is 6.43 Å². The van der Waals surface area contributed by atoms with Crippen molar-refractivity contribution in [1.82, 2.24) is 0 Å². The molecule has 15 heavy (non-hydrogen) atoms. The fraction of sp³-hybridized carbons (Fsp3) is 0.273. The molecule has 0 aliphatic heterocycles. The van der Waals surface area contributed by atoms with Gasteiger partial charge in [-0.05, 0) is 12.1 Å². The lowest BCUT2D eigenvalue weighted by Crippen LogP contribution is -2.07. The smallest absolute Gasteiger partial charge is 0.272 e. The van der Waals surface area contributed by atoms with E-state index < -0.39 is 13.0 Å². The van der Waals surface area contributed by atoms with Gasteiger partial charge in [-0.25, -0.2) is 8.78 Å². The maximum absolute atomic E-state index is 11.9. The molecule has 0 unspecified atom stereocenters. The van der Waals surface area contributed by atoms with Crippen molar-refractivity contribution in [3.63, 3.8) is 0 Å². The van der Waals surface area contributed by atoms with Gasteiger partial charge in [-0.3, -0.25) is 0 Å². The van der Waals surface area contributed by atoms with Crippen molar-refractivity contribution >= 4 is 0 Å². The predicted molar refractivity (Wildman–Crippen MR) is 51.9 cm³/mol. The molecule has 0 fully saturated rings. The molecule has 1 aromatic rings. The fourth-order valence-corrected chi connectivity index (χ4v) is 0.983. The second-order valence-corrected chi connectivity index (χ2v) is 2.66. The third-order valence-electron chi connectivity index (χ3n) is 1.55. The van der Waals surface area contributed by atoms with Crippen LogP contribution in [0.25, 0.3) is 0 Å². The van der Waals surface area contributed by atoms with Gasteiger partial charge in [-0.1, -0.05) is 24.0 Å². The molecule has 0 aliphatic carbocycles. The van der Waals surface area contributed by atoms with Crippen LogP contribution >= 0.6 is 0 Å². The number of halogens is 2. The topological polar surface area (TPSA) is 29.5 Å². The van der Waals surface area contributed by atoms with E-state index >= 15 is 0 Å². The van der Waals surface area contributed by atoms with E-state index in [9.17, 15) is 8.78 Å². The number of aliphatic hydroxyl groups excluding tert-OH is 1. The van der Waals surface area contributed by atoms with Gasteiger partial charge in [-0.15, -0.1) is 0 Å². The molecule has 0 aromatic heterocycles. The fourth-order valence-electron chi connectivity index (χ4n) is 0.983. The molecule has 0 saturated heterocycles. The highest BCUT2D eigenvalue weighted by Gasteiger charge is 2.05. The molecule has 0 heterocycles. The summed E-state index contributed by atoms with van der Waals surface area (Å²) >= 11 is 0. The highest BCUT2D eigenvalue weighted by molar-refractivity contribution is 5.45. The van der Waals surface area contributed by atoms with Crippen LogP contribution in [0.2, 0.25) is 0 Å². The van der Waals surface area contributed by atoms with Crippen molar-refractivity contribution in [3.8, 4) is 17.6 Å². The maximum Gasteiger partial charge on any atom is 0.272 e. The average Bonchev–Trinajstić information content (AvgIpc) is 2.24. The summed E-state index contributed by atoms with van der Waals surface area (Å²) in [4.78, 5) is 0. The van der Waals surface area contributed by atoms with Crippen LogP contribution in [-0.2, 0) is 0 Å². The number of alkyl halides is 2. The molecule has 0 amide bonds. The van der Waals surface area contributed by atoms with Gasteiger partial charge in [-0.2, -0.15) is 0 Å². The van der Waals surface area contributed by atoms with Crippen LogP contribution in [0.1, 0.15) is 5.56 Å². The van der Waals surface area contributed by atoms with Crippen molar-refractivity contribution in [2.45, 2.75) is 6.43 Å². The SMILES string of the molecule is OCC#Cc1ccccc1OCC(F)F. The Kier molecular flexibility index (Phi) is 4.58. The lowest BCUT2D eigenvalue weighted by atomic mass is 10.2. The molecule has 0 bridgehead atoms. The Bertz CT molecular complexity index is 366. The number of aliphatic hydroxyl groups is 1. The summed E-state index contributed by atoms with van der Waals surface area (Å²) in [7, 11) is 0. The van der Waals surface area contributed by atoms with Crippen LogP contribution < -0.4 is 4.74 Å². The number of hydrogen-bond donors (Lipinski definition) is 1. The Labute approximate surface area is 86.5 Å². The number of hydrogen-bond acceptors (Lipinski definition) is 2. The molecule has 80 valence electrons. The van der Waals surface area contributed by atoms with Gasteiger partial charge >= 0.3 is 0 Å². The Hall–Kier alpha value is -1.60. The van der Waals surface area contributed by atoms with E-state index in [2.05, 4.69) is 11.8 Å². The molecule has 0 saturated carbocycles. The largest absolute Gasteiger partial charge is 0.486 e. The number of para-hydroxylation sites is 1. The zero-order valence-electron chi connectivity index (χ0n) is 7.91. The van der Waals surface area contributed by atoms with Gasteiger partial charge in [0, 0.05) is 0 Å². The summed E-state index contributed by atoms with van der Waals surface area (Å²) in [6, 6.07) is 6.59. The Balaban J connectivity index is 2.77.